The maximum atomic E-state index is 12.6. The van der Waals surface area contributed by atoms with Crippen molar-refractivity contribution >= 4 is 15.5 Å². The number of fused-ring (bicyclic) bond motifs is 1. The van der Waals surface area contributed by atoms with Crippen LogP contribution in [0.25, 0.3) is 0 Å². The van der Waals surface area contributed by atoms with Crippen LogP contribution in [0.3, 0.4) is 0 Å². The van der Waals surface area contributed by atoms with Crippen LogP contribution < -0.4 is 0 Å². The fraction of sp³-hybridized carbons (Fsp3) is 0.632. The van der Waals surface area contributed by atoms with Crippen LogP contribution in [0, 0.1) is 22.0 Å². The van der Waals surface area contributed by atoms with Crippen LogP contribution >= 0.6 is 0 Å². The zero-order chi connectivity index (χ0) is 16.5. The normalized spacial score (nSPS) is 33.2. The van der Waals surface area contributed by atoms with E-state index in [0.29, 0.717) is 22.3 Å². The highest BCUT2D eigenvalue weighted by molar-refractivity contribution is 7.92. The van der Waals surface area contributed by atoms with Gasteiger partial charge in [0.15, 0.2) is 0 Å². The minimum absolute atomic E-state index is 0.158. The lowest BCUT2D eigenvalue weighted by molar-refractivity contribution is -0.129. The highest BCUT2D eigenvalue weighted by Crippen LogP contribution is 2.55. The van der Waals surface area contributed by atoms with E-state index in [1.807, 2.05) is 18.2 Å². The molecule has 0 radical (unpaired) electrons. The summed E-state index contributed by atoms with van der Waals surface area (Å²) in [5.74, 6) is 1.72. The molecule has 0 amide bonds. The second-order valence-electron chi connectivity index (χ2n) is 7.49. The third-order valence-electron chi connectivity index (χ3n) is 6.17. The smallest absolute Gasteiger partial charge is 0.136 e. The fourth-order valence-electron chi connectivity index (χ4n) is 4.80. The summed E-state index contributed by atoms with van der Waals surface area (Å²) in [5.41, 5.74) is 0.158. The van der Waals surface area contributed by atoms with Crippen LogP contribution in [0.1, 0.15) is 51.9 Å². The van der Waals surface area contributed by atoms with Gasteiger partial charge in [-0.15, -0.1) is 0 Å². The first-order valence-corrected chi connectivity index (χ1v) is 10.5. The number of carbonyl (C=O) groups excluding carboxylic acids is 1. The van der Waals surface area contributed by atoms with Crippen LogP contribution in [-0.2, 0) is 14.5 Å². The first-order valence-electron chi connectivity index (χ1n) is 8.78. The van der Waals surface area contributed by atoms with Crippen LogP contribution in [0.15, 0.2) is 35.2 Å². The van der Waals surface area contributed by atoms with Gasteiger partial charge in [0.25, 0.3) is 0 Å². The standard InChI is InChI=1S/C19H27NO2S/c1-19-13-5-10-18(21)17(19)12-11-15(19)7-6-14-23(20,22)16-8-3-2-4-9-16/h2-4,8-9,15,17,20H,5-7,10-14H2,1H3/t15-,17?,19+,23?/m0/s1. The molecule has 2 aliphatic rings. The summed E-state index contributed by atoms with van der Waals surface area (Å²) in [7, 11) is -2.68. The maximum Gasteiger partial charge on any atom is 0.136 e. The Morgan fingerprint density at radius 2 is 2.00 bits per heavy atom. The van der Waals surface area contributed by atoms with Crippen molar-refractivity contribution in [2.45, 2.75) is 56.8 Å². The number of ketones is 1. The van der Waals surface area contributed by atoms with E-state index in [9.17, 15) is 9.00 Å². The molecule has 1 N–H and O–H groups in total. The minimum atomic E-state index is -2.68. The average Bonchev–Trinajstić information content (AvgIpc) is 2.86. The Balaban J connectivity index is 1.60. The first-order chi connectivity index (χ1) is 10.9. The Labute approximate surface area is 139 Å². The molecule has 1 aromatic carbocycles. The van der Waals surface area contributed by atoms with Crippen LogP contribution in [0.4, 0.5) is 0 Å². The van der Waals surface area contributed by atoms with Gasteiger partial charge in [0, 0.05) is 23.0 Å². The number of rotatable bonds is 5. The third kappa shape index (κ3) is 3.23. The molecule has 0 aliphatic heterocycles. The van der Waals surface area contributed by atoms with E-state index < -0.39 is 9.73 Å². The zero-order valence-electron chi connectivity index (χ0n) is 13.9. The highest BCUT2D eigenvalue weighted by atomic mass is 32.2. The summed E-state index contributed by atoms with van der Waals surface area (Å²) >= 11 is 0. The lowest BCUT2D eigenvalue weighted by Crippen LogP contribution is -2.37. The highest BCUT2D eigenvalue weighted by Gasteiger charge is 2.50. The molecule has 2 fully saturated rings. The van der Waals surface area contributed by atoms with Crippen LogP contribution in [0.2, 0.25) is 0 Å². The summed E-state index contributed by atoms with van der Waals surface area (Å²) in [6.07, 6.45) is 6.93. The molecule has 0 heterocycles. The number of hydrogen-bond donors (Lipinski definition) is 1. The Morgan fingerprint density at radius 1 is 1.26 bits per heavy atom. The van der Waals surface area contributed by atoms with Gasteiger partial charge in [-0.05, 0) is 62.0 Å². The SMILES string of the molecule is C[C@]12CCCC(=O)C1CC[C@@H]2CCCS(=N)(=O)c1ccccc1. The predicted octanol–water partition coefficient (Wildman–Crippen LogP) is 4.66. The van der Waals surface area contributed by atoms with Crippen molar-refractivity contribution in [3.63, 3.8) is 0 Å². The average molecular weight is 333 g/mol. The molecule has 4 heteroatoms. The fourth-order valence-corrected chi connectivity index (χ4v) is 6.21. The molecule has 3 rings (SSSR count). The van der Waals surface area contributed by atoms with Crippen LogP contribution in [-0.4, -0.2) is 15.7 Å². The second-order valence-corrected chi connectivity index (χ2v) is 9.72. The molecule has 0 aromatic heterocycles. The quantitative estimate of drug-likeness (QED) is 0.852. The maximum absolute atomic E-state index is 12.6. The van der Waals surface area contributed by atoms with Crippen molar-refractivity contribution in [2.75, 3.05) is 5.75 Å². The van der Waals surface area contributed by atoms with E-state index in [2.05, 4.69) is 6.92 Å². The summed E-state index contributed by atoms with van der Waals surface area (Å²) in [5, 5.41) is 0. The zero-order valence-corrected chi connectivity index (χ0v) is 14.7. The van der Waals surface area contributed by atoms with Crippen molar-refractivity contribution in [3.05, 3.63) is 30.3 Å². The Morgan fingerprint density at radius 3 is 2.74 bits per heavy atom. The van der Waals surface area contributed by atoms with Gasteiger partial charge in [-0.3, -0.25) is 4.79 Å². The second kappa shape index (κ2) is 6.39. The monoisotopic (exact) mass is 333 g/mol. The Kier molecular flexibility index (Phi) is 4.63. The van der Waals surface area contributed by atoms with E-state index in [1.165, 1.54) is 0 Å². The number of hydrogen-bond acceptors (Lipinski definition) is 3. The van der Waals surface area contributed by atoms with Gasteiger partial charge in [0.05, 0.1) is 9.73 Å². The number of nitrogens with one attached hydrogen (secondary N) is 1. The lowest BCUT2D eigenvalue weighted by Gasteiger charge is -2.40. The van der Waals surface area contributed by atoms with Crippen molar-refractivity contribution in [2.24, 2.45) is 17.3 Å². The molecule has 2 unspecified atom stereocenters. The van der Waals surface area contributed by atoms with Crippen LogP contribution in [0.5, 0.6) is 0 Å². The molecule has 3 nitrogen and oxygen atoms in total. The summed E-state index contributed by atoms with van der Waals surface area (Å²) in [4.78, 5) is 12.8. The molecular formula is C19H27NO2S. The Bertz CT molecular complexity index is 668. The molecule has 0 saturated heterocycles. The molecule has 126 valence electrons. The van der Waals surface area contributed by atoms with E-state index in [1.54, 1.807) is 12.1 Å². The van der Waals surface area contributed by atoms with Gasteiger partial charge in [-0.2, -0.15) is 0 Å². The van der Waals surface area contributed by atoms with Gasteiger partial charge in [-0.1, -0.05) is 25.1 Å². The van der Waals surface area contributed by atoms with Crippen molar-refractivity contribution in [1.82, 2.24) is 0 Å². The van der Waals surface area contributed by atoms with E-state index >= 15 is 0 Å². The largest absolute Gasteiger partial charge is 0.299 e. The van der Waals surface area contributed by atoms with Gasteiger partial charge >= 0.3 is 0 Å². The van der Waals surface area contributed by atoms with Crippen molar-refractivity contribution in [3.8, 4) is 0 Å². The summed E-state index contributed by atoms with van der Waals surface area (Å²) in [6, 6.07) is 9.17. The van der Waals surface area contributed by atoms with E-state index in [0.717, 1.165) is 44.9 Å². The summed E-state index contributed by atoms with van der Waals surface area (Å²) in [6.45, 7) is 2.29. The minimum Gasteiger partial charge on any atom is -0.299 e. The molecule has 2 saturated carbocycles. The molecular weight excluding hydrogens is 306 g/mol. The number of benzene rings is 1. The third-order valence-corrected chi connectivity index (χ3v) is 8.07. The van der Waals surface area contributed by atoms with E-state index in [-0.39, 0.29) is 11.3 Å². The first kappa shape index (κ1) is 16.7. The van der Waals surface area contributed by atoms with Gasteiger partial charge < -0.3 is 0 Å². The number of carbonyl (C=O) groups is 1. The molecule has 0 spiro atoms. The topological polar surface area (TPSA) is 58.0 Å². The van der Waals surface area contributed by atoms with Gasteiger partial charge in [-0.25, -0.2) is 8.99 Å². The summed E-state index contributed by atoms with van der Waals surface area (Å²) < 4.78 is 20.8. The van der Waals surface area contributed by atoms with Gasteiger partial charge in [0.1, 0.15) is 5.78 Å². The molecule has 0 bridgehead atoms. The Hall–Kier alpha value is -1.16. The van der Waals surface area contributed by atoms with Gasteiger partial charge in [0.2, 0.25) is 0 Å². The lowest BCUT2D eigenvalue weighted by atomic mass is 9.64. The van der Waals surface area contributed by atoms with Crippen molar-refractivity contribution < 1.29 is 9.00 Å². The molecule has 1 aromatic rings. The van der Waals surface area contributed by atoms with Crippen molar-refractivity contribution in [1.29, 1.82) is 4.78 Å². The van der Waals surface area contributed by atoms with E-state index in [4.69, 9.17) is 4.78 Å². The molecule has 2 aliphatic carbocycles. The predicted molar refractivity (Wildman–Crippen MR) is 92.9 cm³/mol. The molecule has 4 atom stereocenters. The molecule has 23 heavy (non-hydrogen) atoms. The number of Topliss-reactive ketones (excluding diaryl/α,β-unsaturated/α-hetero) is 1.